The monoisotopic (exact) mass is 448 g/mol. The van der Waals surface area contributed by atoms with Crippen molar-refractivity contribution in [3.8, 4) is 0 Å². The van der Waals surface area contributed by atoms with Gasteiger partial charge in [0.25, 0.3) is 0 Å². The molecule has 0 bridgehead atoms. The van der Waals surface area contributed by atoms with E-state index in [-0.39, 0.29) is 12.0 Å². The quantitative estimate of drug-likeness (QED) is 0.665. The van der Waals surface area contributed by atoms with Crippen LogP contribution in [-0.4, -0.2) is 72.8 Å². The Morgan fingerprint density at radius 3 is 2.55 bits per heavy atom. The van der Waals surface area contributed by atoms with Crippen LogP contribution < -0.4 is 4.90 Å². The molecule has 0 amide bonds. The van der Waals surface area contributed by atoms with Crippen molar-refractivity contribution in [2.24, 2.45) is 0 Å². The van der Waals surface area contributed by atoms with E-state index in [0.717, 1.165) is 57.6 Å². The predicted molar refractivity (Wildman–Crippen MR) is 118 cm³/mol. The first kappa shape index (κ1) is 22.2. The maximum atomic E-state index is 12.2. The summed E-state index contributed by atoms with van der Waals surface area (Å²) in [5.74, 6) is 2.31. The number of nitrogens with zero attached hydrogens (tertiary/aromatic N) is 6. The van der Waals surface area contributed by atoms with Crippen LogP contribution in [0.1, 0.15) is 61.4 Å². The SMILES string of the molecule is CN(C)c1ncccc1CN1CCC(c2nnc([C@H]3CCCCN3S(C)(=O)=O)o2)CC1. The van der Waals surface area contributed by atoms with Crippen molar-refractivity contribution in [2.45, 2.75) is 50.6 Å². The number of piperidine rings is 2. The molecule has 0 aromatic carbocycles. The minimum atomic E-state index is -3.30. The molecule has 2 saturated heterocycles. The van der Waals surface area contributed by atoms with Crippen LogP contribution in [0.2, 0.25) is 0 Å². The van der Waals surface area contributed by atoms with E-state index in [2.05, 4.69) is 26.1 Å². The Balaban J connectivity index is 1.38. The highest BCUT2D eigenvalue weighted by Crippen LogP contribution is 2.34. The molecule has 2 fully saturated rings. The van der Waals surface area contributed by atoms with Crippen LogP contribution in [0.3, 0.4) is 0 Å². The topological polar surface area (TPSA) is 95.7 Å². The molecule has 31 heavy (non-hydrogen) atoms. The van der Waals surface area contributed by atoms with Gasteiger partial charge in [-0.2, -0.15) is 4.31 Å². The highest BCUT2D eigenvalue weighted by molar-refractivity contribution is 7.88. The number of hydrogen-bond donors (Lipinski definition) is 0. The first-order chi connectivity index (χ1) is 14.8. The molecule has 2 aromatic heterocycles. The Hall–Kier alpha value is -2.04. The maximum Gasteiger partial charge on any atom is 0.234 e. The van der Waals surface area contributed by atoms with E-state index in [0.29, 0.717) is 18.3 Å². The number of rotatable bonds is 6. The first-order valence-corrected chi connectivity index (χ1v) is 12.8. The van der Waals surface area contributed by atoms with Gasteiger partial charge in [0.15, 0.2) is 0 Å². The van der Waals surface area contributed by atoms with Gasteiger partial charge in [0.2, 0.25) is 21.8 Å². The molecule has 0 radical (unpaired) electrons. The van der Waals surface area contributed by atoms with Gasteiger partial charge in [-0.05, 0) is 44.8 Å². The molecule has 0 aliphatic carbocycles. The second-order valence-electron chi connectivity index (χ2n) is 8.79. The zero-order valence-electron chi connectivity index (χ0n) is 18.6. The Morgan fingerprint density at radius 1 is 1.10 bits per heavy atom. The summed E-state index contributed by atoms with van der Waals surface area (Å²) in [6.07, 6.45) is 7.54. The molecule has 4 heterocycles. The fourth-order valence-electron chi connectivity index (χ4n) is 4.63. The van der Waals surface area contributed by atoms with Crippen molar-refractivity contribution in [1.82, 2.24) is 24.4 Å². The van der Waals surface area contributed by atoms with E-state index in [9.17, 15) is 8.42 Å². The molecule has 0 spiro atoms. The van der Waals surface area contributed by atoms with Gasteiger partial charge in [-0.25, -0.2) is 13.4 Å². The van der Waals surface area contributed by atoms with E-state index in [1.807, 2.05) is 31.3 Å². The molecular weight excluding hydrogens is 416 g/mol. The number of anilines is 1. The molecule has 0 unspecified atom stereocenters. The van der Waals surface area contributed by atoms with Crippen molar-refractivity contribution in [3.63, 3.8) is 0 Å². The lowest BCUT2D eigenvalue weighted by Gasteiger charge is -2.32. The highest BCUT2D eigenvalue weighted by Gasteiger charge is 2.35. The number of sulfonamides is 1. The molecule has 0 N–H and O–H groups in total. The van der Waals surface area contributed by atoms with Crippen LogP contribution in [0.5, 0.6) is 0 Å². The Labute approximate surface area is 184 Å². The summed E-state index contributed by atoms with van der Waals surface area (Å²) in [5.41, 5.74) is 1.23. The summed E-state index contributed by atoms with van der Waals surface area (Å²) < 4.78 is 31.8. The molecule has 10 heteroatoms. The average molecular weight is 449 g/mol. The summed E-state index contributed by atoms with van der Waals surface area (Å²) >= 11 is 0. The van der Waals surface area contributed by atoms with Crippen LogP contribution in [0.25, 0.3) is 0 Å². The first-order valence-electron chi connectivity index (χ1n) is 11.0. The molecule has 0 saturated carbocycles. The lowest BCUT2D eigenvalue weighted by atomic mass is 9.96. The molecule has 1 atom stereocenters. The molecule has 170 valence electrons. The molecule has 4 rings (SSSR count). The summed E-state index contributed by atoms with van der Waals surface area (Å²) in [4.78, 5) is 8.98. The van der Waals surface area contributed by atoms with Crippen molar-refractivity contribution in [1.29, 1.82) is 0 Å². The van der Waals surface area contributed by atoms with Crippen molar-refractivity contribution in [3.05, 3.63) is 35.7 Å². The standard InChI is InChI=1S/C21H32N6O3S/c1-25(2)19-17(7-6-11-22-19)15-26-13-9-16(10-14-26)20-23-24-21(30-20)18-8-4-5-12-27(18)31(3,28)29/h6-7,11,16,18H,4-5,8-10,12-15H2,1-3H3/t18-/m1/s1. The lowest BCUT2D eigenvalue weighted by molar-refractivity contribution is 0.184. The van der Waals surface area contributed by atoms with Crippen LogP contribution in [-0.2, 0) is 16.6 Å². The highest BCUT2D eigenvalue weighted by atomic mass is 32.2. The molecule has 2 aliphatic heterocycles. The van der Waals surface area contributed by atoms with Gasteiger partial charge in [-0.3, -0.25) is 4.90 Å². The summed E-state index contributed by atoms with van der Waals surface area (Å²) in [5, 5.41) is 8.55. The zero-order chi connectivity index (χ0) is 22.0. The number of pyridine rings is 1. The van der Waals surface area contributed by atoms with Crippen LogP contribution in [0, 0.1) is 0 Å². The van der Waals surface area contributed by atoms with Crippen molar-refractivity contribution < 1.29 is 12.8 Å². The van der Waals surface area contributed by atoms with Gasteiger partial charge < -0.3 is 9.32 Å². The second kappa shape index (κ2) is 9.22. The zero-order valence-corrected chi connectivity index (χ0v) is 19.4. The van der Waals surface area contributed by atoms with Crippen molar-refractivity contribution >= 4 is 15.8 Å². The predicted octanol–water partition coefficient (Wildman–Crippen LogP) is 2.40. The van der Waals surface area contributed by atoms with E-state index in [1.165, 1.54) is 16.1 Å². The summed E-state index contributed by atoms with van der Waals surface area (Å²) in [7, 11) is 0.737. The Morgan fingerprint density at radius 2 is 1.84 bits per heavy atom. The maximum absolute atomic E-state index is 12.2. The third-order valence-electron chi connectivity index (χ3n) is 6.24. The summed E-state index contributed by atoms with van der Waals surface area (Å²) in [6, 6.07) is 3.79. The van der Waals surface area contributed by atoms with Gasteiger partial charge in [0.05, 0.1) is 6.26 Å². The molecule has 2 aromatic rings. The summed E-state index contributed by atoms with van der Waals surface area (Å²) in [6.45, 7) is 3.28. The van der Waals surface area contributed by atoms with E-state index >= 15 is 0 Å². The van der Waals surface area contributed by atoms with Gasteiger partial charge in [-0.1, -0.05) is 12.5 Å². The third-order valence-corrected chi connectivity index (χ3v) is 7.53. The van der Waals surface area contributed by atoms with Gasteiger partial charge in [0, 0.05) is 44.9 Å². The molecular formula is C21H32N6O3S. The Kier molecular flexibility index (Phi) is 6.59. The van der Waals surface area contributed by atoms with Crippen molar-refractivity contribution in [2.75, 3.05) is 44.9 Å². The molecule has 9 nitrogen and oxygen atoms in total. The van der Waals surface area contributed by atoms with Crippen LogP contribution >= 0.6 is 0 Å². The minimum Gasteiger partial charge on any atom is -0.423 e. The lowest BCUT2D eigenvalue weighted by Crippen LogP contribution is -2.37. The number of hydrogen-bond acceptors (Lipinski definition) is 8. The normalized spacial score (nSPS) is 22.0. The molecule has 2 aliphatic rings. The van der Waals surface area contributed by atoms with Gasteiger partial charge >= 0.3 is 0 Å². The second-order valence-corrected chi connectivity index (χ2v) is 10.7. The Bertz CT molecular complexity index is 985. The fourth-order valence-corrected chi connectivity index (χ4v) is 5.75. The van der Waals surface area contributed by atoms with Gasteiger partial charge in [-0.15, -0.1) is 10.2 Å². The minimum absolute atomic E-state index is 0.218. The smallest absolute Gasteiger partial charge is 0.234 e. The van der Waals surface area contributed by atoms with Crippen LogP contribution in [0.4, 0.5) is 5.82 Å². The third kappa shape index (κ3) is 5.07. The fraction of sp³-hybridized carbons (Fsp3) is 0.667. The largest absolute Gasteiger partial charge is 0.423 e. The number of aromatic nitrogens is 3. The number of likely N-dealkylation sites (tertiary alicyclic amines) is 1. The van der Waals surface area contributed by atoms with E-state index < -0.39 is 10.0 Å². The average Bonchev–Trinajstić information content (AvgIpc) is 3.24. The van der Waals surface area contributed by atoms with Gasteiger partial charge in [0.1, 0.15) is 11.9 Å². The van der Waals surface area contributed by atoms with E-state index in [4.69, 9.17) is 4.42 Å². The van der Waals surface area contributed by atoms with Crippen LogP contribution in [0.15, 0.2) is 22.7 Å². The van der Waals surface area contributed by atoms with E-state index in [1.54, 1.807) is 0 Å².